The molecule has 0 aliphatic heterocycles. The smallest absolute Gasteiger partial charge is 0.183 e. The first-order valence-electron chi connectivity index (χ1n) is 6.69. The highest BCUT2D eigenvalue weighted by Gasteiger charge is 2.13. The summed E-state index contributed by atoms with van der Waals surface area (Å²) in [4.78, 5) is 5.37. The second-order valence-corrected chi connectivity index (χ2v) is 5.87. The van der Waals surface area contributed by atoms with Crippen molar-refractivity contribution in [2.75, 3.05) is 5.32 Å². The standard InChI is InChI=1S/C15H14F2N4S/c1-9-14(12-6-7-21(2)20-12)22-15(19-9)18-8-10-4-3-5-11(16)13(10)17/h3-7H,8H2,1-2H3,(H,18,19). The molecule has 0 saturated heterocycles. The second kappa shape index (κ2) is 5.84. The van der Waals surface area contributed by atoms with Crippen molar-refractivity contribution < 1.29 is 8.78 Å². The highest BCUT2D eigenvalue weighted by Crippen LogP contribution is 2.31. The maximum Gasteiger partial charge on any atom is 0.183 e. The first kappa shape index (κ1) is 14.6. The van der Waals surface area contributed by atoms with Crippen molar-refractivity contribution in [3.8, 4) is 10.6 Å². The van der Waals surface area contributed by atoms with E-state index < -0.39 is 11.6 Å². The first-order valence-corrected chi connectivity index (χ1v) is 7.50. The van der Waals surface area contributed by atoms with Gasteiger partial charge in [-0.3, -0.25) is 4.68 Å². The first-order chi connectivity index (χ1) is 10.5. The molecule has 7 heteroatoms. The van der Waals surface area contributed by atoms with Crippen LogP contribution in [0, 0.1) is 18.6 Å². The lowest BCUT2D eigenvalue weighted by Crippen LogP contribution is -2.02. The molecule has 1 N–H and O–H groups in total. The van der Waals surface area contributed by atoms with Crippen LogP contribution in [0.1, 0.15) is 11.3 Å². The van der Waals surface area contributed by atoms with E-state index in [1.807, 2.05) is 26.2 Å². The molecule has 0 atom stereocenters. The molecule has 0 fully saturated rings. The third-order valence-electron chi connectivity index (χ3n) is 3.20. The van der Waals surface area contributed by atoms with Crippen LogP contribution in [0.5, 0.6) is 0 Å². The molecular weight excluding hydrogens is 306 g/mol. The topological polar surface area (TPSA) is 42.7 Å². The van der Waals surface area contributed by atoms with Crippen molar-refractivity contribution in [2.24, 2.45) is 7.05 Å². The Balaban J connectivity index is 1.78. The van der Waals surface area contributed by atoms with Gasteiger partial charge in [0.2, 0.25) is 0 Å². The van der Waals surface area contributed by atoms with Crippen LogP contribution in [0.25, 0.3) is 10.6 Å². The zero-order valence-corrected chi connectivity index (χ0v) is 12.9. The Labute approximate surface area is 130 Å². The van der Waals surface area contributed by atoms with Crippen LogP contribution < -0.4 is 5.32 Å². The number of hydrogen-bond acceptors (Lipinski definition) is 4. The van der Waals surface area contributed by atoms with Gasteiger partial charge in [0.1, 0.15) is 5.69 Å². The fraction of sp³-hybridized carbons (Fsp3) is 0.200. The van der Waals surface area contributed by atoms with Crippen LogP contribution in [-0.4, -0.2) is 14.8 Å². The lowest BCUT2D eigenvalue weighted by atomic mass is 10.2. The molecule has 2 aromatic heterocycles. The summed E-state index contributed by atoms with van der Waals surface area (Å²) in [6.45, 7) is 2.08. The number of hydrogen-bond donors (Lipinski definition) is 1. The van der Waals surface area contributed by atoms with E-state index in [-0.39, 0.29) is 12.1 Å². The maximum absolute atomic E-state index is 13.6. The second-order valence-electron chi connectivity index (χ2n) is 4.87. The Morgan fingerprint density at radius 2 is 2.09 bits per heavy atom. The molecule has 22 heavy (non-hydrogen) atoms. The Kier molecular flexibility index (Phi) is 3.89. The van der Waals surface area contributed by atoms with Gasteiger partial charge >= 0.3 is 0 Å². The molecule has 0 amide bonds. The normalized spacial score (nSPS) is 10.9. The maximum atomic E-state index is 13.6. The molecule has 0 aliphatic carbocycles. The number of rotatable bonds is 4. The summed E-state index contributed by atoms with van der Waals surface area (Å²) < 4.78 is 28.5. The van der Waals surface area contributed by atoms with Gasteiger partial charge in [0.15, 0.2) is 16.8 Å². The van der Waals surface area contributed by atoms with Gasteiger partial charge in [0, 0.05) is 25.4 Å². The monoisotopic (exact) mass is 320 g/mol. The molecule has 4 nitrogen and oxygen atoms in total. The molecule has 0 unspecified atom stereocenters. The number of nitrogens with zero attached hydrogens (tertiary/aromatic N) is 3. The third-order valence-corrected chi connectivity index (χ3v) is 4.34. The highest BCUT2D eigenvalue weighted by molar-refractivity contribution is 7.19. The lowest BCUT2D eigenvalue weighted by Gasteiger charge is -2.04. The molecule has 0 radical (unpaired) electrons. The molecule has 0 spiro atoms. The van der Waals surface area contributed by atoms with Gasteiger partial charge < -0.3 is 5.32 Å². The summed E-state index contributed by atoms with van der Waals surface area (Å²) >= 11 is 1.44. The summed E-state index contributed by atoms with van der Waals surface area (Å²) in [6.07, 6.45) is 1.86. The van der Waals surface area contributed by atoms with Crippen molar-refractivity contribution in [2.45, 2.75) is 13.5 Å². The number of benzene rings is 1. The third kappa shape index (κ3) is 2.85. The number of aryl methyl sites for hydroxylation is 2. The molecule has 114 valence electrons. The number of thiazole rings is 1. The summed E-state index contributed by atoms with van der Waals surface area (Å²) in [5.41, 5.74) is 1.97. The minimum absolute atomic E-state index is 0.179. The Morgan fingerprint density at radius 1 is 1.27 bits per heavy atom. The molecular formula is C15H14F2N4S. The van der Waals surface area contributed by atoms with Gasteiger partial charge in [-0.25, -0.2) is 13.8 Å². The molecule has 3 aromatic rings. The Morgan fingerprint density at radius 3 is 2.82 bits per heavy atom. The summed E-state index contributed by atoms with van der Waals surface area (Å²) in [5, 5.41) is 8.04. The average molecular weight is 320 g/mol. The van der Waals surface area contributed by atoms with Crippen LogP contribution >= 0.6 is 11.3 Å². The van der Waals surface area contributed by atoms with Gasteiger partial charge in [-0.2, -0.15) is 5.10 Å². The van der Waals surface area contributed by atoms with Gasteiger partial charge in [0.05, 0.1) is 10.6 Å². The fourth-order valence-electron chi connectivity index (χ4n) is 2.10. The molecule has 2 heterocycles. The van der Waals surface area contributed by atoms with E-state index in [4.69, 9.17) is 0 Å². The molecule has 3 rings (SSSR count). The zero-order chi connectivity index (χ0) is 15.7. The van der Waals surface area contributed by atoms with Crippen molar-refractivity contribution in [1.82, 2.24) is 14.8 Å². The zero-order valence-electron chi connectivity index (χ0n) is 12.1. The van der Waals surface area contributed by atoms with Crippen LogP contribution in [0.15, 0.2) is 30.5 Å². The van der Waals surface area contributed by atoms with E-state index in [2.05, 4.69) is 15.4 Å². The predicted molar refractivity (Wildman–Crippen MR) is 82.7 cm³/mol. The number of aromatic nitrogens is 3. The Hall–Kier alpha value is -2.28. The van der Waals surface area contributed by atoms with E-state index in [0.29, 0.717) is 5.13 Å². The summed E-state index contributed by atoms with van der Waals surface area (Å²) in [7, 11) is 1.85. The summed E-state index contributed by atoms with van der Waals surface area (Å²) in [5.74, 6) is -1.67. The van der Waals surface area contributed by atoms with E-state index in [0.717, 1.165) is 22.3 Å². The quantitative estimate of drug-likeness (QED) is 0.796. The van der Waals surface area contributed by atoms with E-state index >= 15 is 0 Å². The largest absolute Gasteiger partial charge is 0.357 e. The average Bonchev–Trinajstić information content (AvgIpc) is 3.06. The predicted octanol–water partition coefficient (Wildman–Crippen LogP) is 3.74. The van der Waals surface area contributed by atoms with Gasteiger partial charge in [-0.05, 0) is 19.1 Å². The van der Waals surface area contributed by atoms with Crippen molar-refractivity contribution >= 4 is 16.5 Å². The van der Waals surface area contributed by atoms with Crippen molar-refractivity contribution in [1.29, 1.82) is 0 Å². The van der Waals surface area contributed by atoms with E-state index in [1.165, 1.54) is 17.4 Å². The van der Waals surface area contributed by atoms with Gasteiger partial charge in [-0.15, -0.1) is 0 Å². The molecule has 0 saturated carbocycles. The van der Waals surface area contributed by atoms with Gasteiger partial charge in [-0.1, -0.05) is 23.5 Å². The highest BCUT2D eigenvalue weighted by atomic mass is 32.1. The fourth-order valence-corrected chi connectivity index (χ4v) is 3.03. The Bertz CT molecular complexity index is 810. The van der Waals surface area contributed by atoms with Gasteiger partial charge in [0.25, 0.3) is 0 Å². The van der Waals surface area contributed by atoms with E-state index in [1.54, 1.807) is 10.7 Å². The van der Waals surface area contributed by atoms with Crippen LogP contribution in [-0.2, 0) is 13.6 Å². The van der Waals surface area contributed by atoms with Crippen LogP contribution in [0.3, 0.4) is 0 Å². The van der Waals surface area contributed by atoms with Crippen LogP contribution in [0.4, 0.5) is 13.9 Å². The number of halogens is 2. The van der Waals surface area contributed by atoms with Crippen LogP contribution in [0.2, 0.25) is 0 Å². The molecule has 0 aliphatic rings. The minimum Gasteiger partial charge on any atom is -0.357 e. The van der Waals surface area contributed by atoms with E-state index in [9.17, 15) is 8.78 Å². The van der Waals surface area contributed by atoms with Crippen molar-refractivity contribution in [3.63, 3.8) is 0 Å². The van der Waals surface area contributed by atoms with Crippen molar-refractivity contribution in [3.05, 3.63) is 53.4 Å². The molecule has 1 aromatic carbocycles. The number of nitrogens with one attached hydrogen (secondary N) is 1. The summed E-state index contributed by atoms with van der Waals surface area (Å²) in [6, 6.07) is 6.05. The number of anilines is 1. The lowest BCUT2D eigenvalue weighted by molar-refractivity contribution is 0.500. The SMILES string of the molecule is Cc1nc(NCc2cccc(F)c2F)sc1-c1ccn(C)n1. The molecule has 0 bridgehead atoms. The minimum atomic E-state index is -0.844.